The second-order valence-corrected chi connectivity index (χ2v) is 26.6. The molecule has 3 aliphatic rings. The fourth-order valence-electron chi connectivity index (χ4n) is 9.80. The van der Waals surface area contributed by atoms with Crippen LogP contribution in [0.5, 0.6) is 36.1 Å². The van der Waals surface area contributed by atoms with E-state index in [0.29, 0.717) is 14.7 Å². The molecule has 0 N–H and O–H groups in total. The number of rotatable bonds is 36. The van der Waals surface area contributed by atoms with E-state index in [4.69, 9.17) is 0 Å². The zero-order valence-electron chi connectivity index (χ0n) is 61.6. The molecule has 0 unspecified atom stereocenters. The molecule has 0 amide bonds. The van der Waals surface area contributed by atoms with Crippen LogP contribution in [0.1, 0.15) is 0 Å². The molecule has 0 spiro atoms. The van der Waals surface area contributed by atoms with Crippen LogP contribution in [0.2, 0.25) is 0 Å². The van der Waals surface area contributed by atoms with Gasteiger partial charge in [0.25, 0.3) is 0 Å². The van der Waals surface area contributed by atoms with Gasteiger partial charge in [-0.25, -0.2) is 0 Å². The van der Waals surface area contributed by atoms with Gasteiger partial charge >= 0.3 is 180 Å². The number of hydrogen-bond acceptors (Lipinski definition) is 24. The van der Waals surface area contributed by atoms with E-state index in [-0.39, 0.29) is 0 Å². The topological polar surface area (TPSA) is 230 Å². The van der Waals surface area contributed by atoms with Gasteiger partial charge in [0.05, 0.1) is 0 Å². The first kappa shape index (κ1) is 109. The normalized spacial score (nSPS) is 17.0. The van der Waals surface area contributed by atoms with Crippen molar-refractivity contribution in [2.24, 2.45) is 0 Å². The maximum atomic E-state index is 14.7. The van der Waals surface area contributed by atoms with Gasteiger partial charge in [0.1, 0.15) is 0 Å². The summed E-state index contributed by atoms with van der Waals surface area (Å²) in [6.45, 7) is -33.4. The molecule has 3 aliphatic heterocycles. The minimum absolute atomic E-state index is 0.442. The molecule has 0 aromatic carbocycles. The molecule has 0 aliphatic carbocycles. The van der Waals surface area contributed by atoms with Crippen LogP contribution in [-0.2, 0) is 0 Å². The molecule has 24 nitrogen and oxygen atoms in total. The fraction of sp³-hybridized carbons (Fsp3) is 0.778. The van der Waals surface area contributed by atoms with Gasteiger partial charge in [-0.2, -0.15) is 282 Å². The lowest BCUT2D eigenvalue weighted by Crippen LogP contribution is -2.62. The van der Waals surface area contributed by atoms with Gasteiger partial charge in [-0.3, -0.25) is 0 Å². The number of ether oxygens (including phenoxy) is 6. The summed E-state index contributed by atoms with van der Waals surface area (Å²) in [5.41, 5.74) is 0. The Balaban J connectivity index is 1.31. The summed E-state index contributed by atoms with van der Waals surface area (Å²) in [6.07, 6.45) is -45.4. The van der Waals surface area contributed by atoms with Gasteiger partial charge in [-0.05, 0) is 0 Å². The van der Waals surface area contributed by atoms with Gasteiger partial charge in [-0.1, -0.05) is 0 Å². The number of nitrogens with zero attached hydrogens (tertiary/aromatic N) is 18. The molecule has 7 rings (SSSR count). The van der Waals surface area contributed by atoms with Crippen molar-refractivity contribution >= 4 is 35.7 Å². The van der Waals surface area contributed by atoms with Crippen LogP contribution < -0.4 is 57.8 Å². The third-order valence-electron chi connectivity index (χ3n) is 17.4. The Morgan fingerprint density at radius 2 is 0.242 bits per heavy atom. The largest absolute Gasteiger partial charge is 0.460 e. The molecule has 4 aromatic heterocycles. The lowest BCUT2D eigenvalue weighted by molar-refractivity contribution is -0.398. The Kier molecular flexibility index (Phi) is 28.6. The third-order valence-corrected chi connectivity index (χ3v) is 17.4. The first-order chi connectivity index (χ1) is 58.8. The SMILES string of the molecule is FC(F)(F)C(F)(F)C(F)(F)C(F)(F)COc1nc(OCC(F)(F)C(F)(F)C(F)(F)C(F)(F)F)nc(N2CCN(c3nc(N4CCN(c5nc(OCC(F)(F)C(F)(F)C(F)(F)C(F)(F)F)nc(OCC(F)(F)C(F)(F)C(F)(F)C(F)(F)F)n5)CC4)nc(N4CCN(c5nc(OCC(F)(F)C(F)(F)C(F)(F)C(F)(F)F)nc(OCC(F)(F)C(F)(F)C(F)(F)C(F)(F)F)n5)CC4)n3)CC2)n1. The number of piperazine rings is 3. The third kappa shape index (κ3) is 20.2. The standard InChI is InChI=1S/C54H36F54N18O6/c55-31(56,37(67,68)43(79,80)49(91,92)93)13-127-25-112-22(113-26(118-25)128-14-32(57,58)38(69,70)44(81,82)50(94,95)96)124-7-1-121(2-8-124)19-109-20(122-3-9-125(10-4-122)23-114-27(129-15-33(59,60)39(71,72)45(83,84)51(97,98)99)119-28(115-23)130-16-34(61,62)40(73,74)46(85,86)52(100,101)102)111-21(110-19)123-5-11-126(12-6-123)24-116-29(131-17-35(63,64)41(75,76)47(87,88)53(103,104)105)120-30(117-24)132-18-36(65,66)42(77,78)48(89,90)54(106,107)108/h1-18H2. The van der Waals surface area contributed by atoms with Crippen molar-refractivity contribution in [3.05, 3.63) is 0 Å². The summed E-state index contributed by atoms with van der Waals surface area (Å²) in [5.74, 6) is -141. The van der Waals surface area contributed by atoms with Crippen LogP contribution in [-0.4, -0.2) is 322 Å². The number of anilines is 6. The second-order valence-electron chi connectivity index (χ2n) is 26.6. The first-order valence-corrected chi connectivity index (χ1v) is 33.3. The van der Waals surface area contributed by atoms with Crippen molar-refractivity contribution in [2.75, 3.05) is 148 Å². The van der Waals surface area contributed by atoms with E-state index in [0.717, 1.165) is 14.7 Å². The number of hydrogen-bond donors (Lipinski definition) is 0. The Bertz CT molecular complexity index is 3960. The summed E-state index contributed by atoms with van der Waals surface area (Å²) < 4.78 is 769. The van der Waals surface area contributed by atoms with Crippen LogP contribution in [0.25, 0.3) is 0 Å². The van der Waals surface area contributed by atoms with E-state index < -0.39 is 334 Å². The maximum absolute atomic E-state index is 14.7. The highest BCUT2D eigenvalue weighted by molar-refractivity contribution is 5.51. The Labute approximate surface area is 688 Å². The van der Waals surface area contributed by atoms with Crippen LogP contribution in [0.4, 0.5) is 273 Å². The molecule has 756 valence electrons. The highest BCUT2D eigenvalue weighted by Gasteiger charge is 2.88. The molecular formula is C54H36F54N18O6. The molecular weight excluding hydrogens is 2020 g/mol. The second kappa shape index (κ2) is 34.6. The molecule has 3 fully saturated rings. The summed E-state index contributed by atoms with van der Waals surface area (Å²) in [7, 11) is 0. The zero-order valence-corrected chi connectivity index (χ0v) is 61.6. The number of aromatic nitrogens is 12. The molecule has 4 aromatic rings. The van der Waals surface area contributed by atoms with E-state index in [1.807, 2.05) is 0 Å². The average molecular weight is 2060 g/mol. The van der Waals surface area contributed by atoms with Gasteiger partial charge in [0.15, 0.2) is 39.6 Å². The Morgan fingerprint density at radius 1 is 0.144 bits per heavy atom. The number of halogens is 54. The molecule has 78 heteroatoms. The molecule has 132 heavy (non-hydrogen) atoms. The Hall–Kier alpha value is -10.1. The molecule has 0 bridgehead atoms. The zero-order chi connectivity index (χ0) is 102. The van der Waals surface area contributed by atoms with Crippen molar-refractivity contribution < 1.29 is 266 Å². The summed E-state index contributed by atoms with van der Waals surface area (Å²) >= 11 is 0. The highest BCUT2D eigenvalue weighted by Crippen LogP contribution is 2.60. The van der Waals surface area contributed by atoms with Crippen LogP contribution in [0.3, 0.4) is 0 Å². The van der Waals surface area contributed by atoms with Crippen LogP contribution >= 0.6 is 0 Å². The predicted molar refractivity (Wildman–Crippen MR) is 311 cm³/mol. The van der Waals surface area contributed by atoms with E-state index in [2.05, 4.69) is 88.2 Å². The lowest BCUT2D eigenvalue weighted by atomic mass is 10.0. The van der Waals surface area contributed by atoms with Crippen molar-refractivity contribution in [1.29, 1.82) is 0 Å². The summed E-state index contributed by atoms with van der Waals surface area (Å²) in [6, 6.07) is -13.7. The van der Waals surface area contributed by atoms with Crippen molar-refractivity contribution in [3.8, 4) is 36.1 Å². The van der Waals surface area contributed by atoms with Crippen LogP contribution in [0.15, 0.2) is 0 Å². The van der Waals surface area contributed by atoms with E-state index in [9.17, 15) is 237 Å². The molecule has 3 saturated heterocycles. The van der Waals surface area contributed by atoms with E-state index >= 15 is 0 Å². The highest BCUT2D eigenvalue weighted by atomic mass is 19.5. The van der Waals surface area contributed by atoms with E-state index in [1.165, 1.54) is 0 Å². The monoisotopic (exact) mass is 2060 g/mol. The summed E-state index contributed by atoms with van der Waals surface area (Å²) in [4.78, 5) is 42.6. The maximum Gasteiger partial charge on any atom is 0.460 e. The smallest absolute Gasteiger partial charge is 0.457 e. The van der Waals surface area contributed by atoms with Gasteiger partial charge in [0.2, 0.25) is 35.7 Å². The quantitative estimate of drug-likeness (QED) is 0.0385. The predicted octanol–water partition coefficient (Wildman–Crippen LogP) is 15.5. The molecule has 7 heterocycles. The molecule has 0 atom stereocenters. The minimum Gasteiger partial charge on any atom is -0.457 e. The van der Waals surface area contributed by atoms with Gasteiger partial charge in [0, 0.05) is 78.5 Å². The molecule has 0 radical (unpaired) electrons. The number of alkyl halides is 54. The van der Waals surface area contributed by atoms with Crippen molar-refractivity contribution in [3.63, 3.8) is 0 Å². The van der Waals surface area contributed by atoms with Crippen LogP contribution in [0, 0.1) is 0 Å². The first-order valence-electron chi connectivity index (χ1n) is 33.3. The summed E-state index contributed by atoms with van der Waals surface area (Å²) in [5, 5.41) is 0. The van der Waals surface area contributed by atoms with Crippen molar-refractivity contribution in [2.45, 2.75) is 144 Å². The minimum atomic E-state index is -7.74. The van der Waals surface area contributed by atoms with Gasteiger partial charge in [-0.15, -0.1) is 15.0 Å². The Morgan fingerprint density at radius 3 is 0.341 bits per heavy atom. The lowest BCUT2D eigenvalue weighted by Gasteiger charge is -2.38. The average Bonchev–Trinajstić information content (AvgIpc) is 0.756. The molecule has 0 saturated carbocycles. The van der Waals surface area contributed by atoms with Crippen molar-refractivity contribution in [1.82, 2.24) is 59.8 Å². The van der Waals surface area contributed by atoms with Gasteiger partial charge < -0.3 is 57.8 Å². The van der Waals surface area contributed by atoms with E-state index in [1.54, 1.807) is 0 Å². The fourth-order valence-corrected chi connectivity index (χ4v) is 9.80.